The normalized spacial score (nSPS) is 18.7. The van der Waals surface area contributed by atoms with E-state index in [1.54, 1.807) is 31.3 Å². The van der Waals surface area contributed by atoms with Gasteiger partial charge in [-0.05, 0) is 38.5 Å². The Labute approximate surface area is 152 Å². The summed E-state index contributed by atoms with van der Waals surface area (Å²) < 4.78 is 34.2. The second-order valence-electron chi connectivity index (χ2n) is 6.59. The van der Waals surface area contributed by atoms with Crippen molar-refractivity contribution >= 4 is 15.7 Å². The molecule has 3 rings (SSSR count). The van der Waals surface area contributed by atoms with Crippen LogP contribution in [0.25, 0.3) is 0 Å². The molecule has 1 unspecified atom stereocenters. The van der Waals surface area contributed by atoms with Crippen molar-refractivity contribution in [3.8, 4) is 5.75 Å². The lowest BCUT2D eigenvalue weighted by atomic mass is 10.1. The zero-order valence-corrected chi connectivity index (χ0v) is 15.9. The highest BCUT2D eigenvalue weighted by molar-refractivity contribution is 7.91. The largest absolute Gasteiger partial charge is 0.489 e. The van der Waals surface area contributed by atoms with E-state index >= 15 is 0 Å². The number of carbonyl (C=O) groups is 1. The first-order valence-corrected chi connectivity index (χ1v) is 10.2. The number of ether oxygens (including phenoxy) is 1. The molecule has 1 atom stereocenters. The number of hydrogen-bond acceptors (Lipinski definition) is 6. The van der Waals surface area contributed by atoms with Crippen molar-refractivity contribution in [1.82, 2.24) is 10.1 Å². The lowest BCUT2D eigenvalue weighted by Gasteiger charge is -2.23. The van der Waals surface area contributed by atoms with Crippen molar-refractivity contribution in [3.63, 3.8) is 0 Å². The molecule has 7 nitrogen and oxygen atoms in total. The van der Waals surface area contributed by atoms with E-state index in [1.165, 1.54) is 4.90 Å². The van der Waals surface area contributed by atoms with Crippen molar-refractivity contribution in [2.45, 2.75) is 32.9 Å². The molecule has 1 aromatic carbocycles. The van der Waals surface area contributed by atoms with Gasteiger partial charge in [0.25, 0.3) is 5.91 Å². The maximum atomic E-state index is 12.7. The maximum absolute atomic E-state index is 12.7. The third kappa shape index (κ3) is 3.90. The number of benzene rings is 1. The quantitative estimate of drug-likeness (QED) is 0.792. The van der Waals surface area contributed by atoms with Gasteiger partial charge >= 0.3 is 0 Å². The number of aromatic nitrogens is 1. The SMILES string of the molecule is Cc1noc(C)c1COc1cccc(C(=O)N(C)C2CCS(=O)(=O)C2)c1. The molecule has 0 bridgehead atoms. The fourth-order valence-electron chi connectivity index (χ4n) is 3.03. The summed E-state index contributed by atoms with van der Waals surface area (Å²) in [5.74, 6) is 1.21. The molecule has 26 heavy (non-hydrogen) atoms. The molecule has 0 radical (unpaired) electrons. The number of aryl methyl sites for hydroxylation is 2. The molecule has 0 N–H and O–H groups in total. The summed E-state index contributed by atoms with van der Waals surface area (Å²) in [6.07, 6.45) is 0.479. The Morgan fingerprint density at radius 1 is 1.38 bits per heavy atom. The summed E-state index contributed by atoms with van der Waals surface area (Å²) in [4.78, 5) is 14.2. The molecule has 0 saturated carbocycles. The number of rotatable bonds is 5. The van der Waals surface area contributed by atoms with Crippen molar-refractivity contribution < 1.29 is 22.5 Å². The second kappa shape index (κ2) is 7.11. The molecule has 140 valence electrons. The van der Waals surface area contributed by atoms with Crippen LogP contribution in [-0.2, 0) is 16.4 Å². The molecule has 8 heteroatoms. The molecule has 1 aliphatic heterocycles. The van der Waals surface area contributed by atoms with Crippen molar-refractivity contribution in [3.05, 3.63) is 46.8 Å². The number of sulfone groups is 1. The van der Waals surface area contributed by atoms with Crippen LogP contribution in [-0.4, -0.2) is 49.0 Å². The summed E-state index contributed by atoms with van der Waals surface area (Å²) in [5, 5.41) is 3.89. The molecule has 2 aromatic rings. The number of nitrogens with zero attached hydrogens (tertiary/aromatic N) is 2. The van der Waals surface area contributed by atoms with Gasteiger partial charge in [-0.3, -0.25) is 4.79 Å². The van der Waals surface area contributed by atoms with E-state index in [0.29, 0.717) is 30.1 Å². The summed E-state index contributed by atoms with van der Waals surface area (Å²) in [6, 6.07) is 6.61. The van der Waals surface area contributed by atoms with E-state index in [9.17, 15) is 13.2 Å². The molecular formula is C18H22N2O5S. The summed E-state index contributed by atoms with van der Waals surface area (Å²) >= 11 is 0. The van der Waals surface area contributed by atoms with E-state index in [-0.39, 0.29) is 23.5 Å². The van der Waals surface area contributed by atoms with E-state index in [2.05, 4.69) is 5.16 Å². The highest BCUT2D eigenvalue weighted by Crippen LogP contribution is 2.22. The molecule has 1 fully saturated rings. The average Bonchev–Trinajstić information content (AvgIpc) is 3.13. The number of carbonyl (C=O) groups excluding carboxylic acids is 1. The van der Waals surface area contributed by atoms with Crippen LogP contribution in [0.1, 0.15) is 33.8 Å². The minimum absolute atomic E-state index is 0.0253. The van der Waals surface area contributed by atoms with Crippen LogP contribution < -0.4 is 4.74 Å². The zero-order chi connectivity index (χ0) is 18.9. The molecule has 0 spiro atoms. The molecule has 0 aliphatic carbocycles. The van der Waals surface area contributed by atoms with Crippen molar-refractivity contribution in [2.24, 2.45) is 0 Å². The fourth-order valence-corrected chi connectivity index (χ4v) is 4.81. The Bertz CT molecular complexity index is 900. The van der Waals surface area contributed by atoms with Gasteiger partial charge in [0.15, 0.2) is 9.84 Å². The maximum Gasteiger partial charge on any atom is 0.254 e. The Kier molecular flexibility index (Phi) is 5.04. The van der Waals surface area contributed by atoms with Gasteiger partial charge in [0, 0.05) is 18.7 Å². The monoisotopic (exact) mass is 378 g/mol. The van der Waals surface area contributed by atoms with Gasteiger partial charge in [-0.25, -0.2) is 8.42 Å². The van der Waals surface area contributed by atoms with E-state index in [1.807, 2.05) is 13.8 Å². The van der Waals surface area contributed by atoms with Crippen molar-refractivity contribution in [2.75, 3.05) is 18.6 Å². The first-order valence-electron chi connectivity index (χ1n) is 8.39. The fraction of sp³-hybridized carbons (Fsp3) is 0.444. The smallest absolute Gasteiger partial charge is 0.254 e. The van der Waals surface area contributed by atoms with Gasteiger partial charge < -0.3 is 14.2 Å². The van der Waals surface area contributed by atoms with Gasteiger partial charge in [-0.1, -0.05) is 11.2 Å². The Balaban J connectivity index is 1.69. The summed E-state index contributed by atoms with van der Waals surface area (Å²) in [7, 11) is -1.40. The van der Waals surface area contributed by atoms with Gasteiger partial charge in [0.2, 0.25) is 0 Å². The Morgan fingerprint density at radius 3 is 2.77 bits per heavy atom. The average molecular weight is 378 g/mol. The topological polar surface area (TPSA) is 89.7 Å². The van der Waals surface area contributed by atoms with Crippen molar-refractivity contribution in [1.29, 1.82) is 0 Å². The second-order valence-corrected chi connectivity index (χ2v) is 8.82. The third-order valence-corrected chi connectivity index (χ3v) is 6.47. The van der Waals surface area contributed by atoms with E-state index in [0.717, 1.165) is 11.3 Å². The lowest BCUT2D eigenvalue weighted by Crippen LogP contribution is -2.37. The summed E-state index contributed by atoms with van der Waals surface area (Å²) in [6.45, 7) is 3.97. The molecule has 1 amide bonds. The van der Waals surface area contributed by atoms with Gasteiger partial charge in [-0.2, -0.15) is 0 Å². The van der Waals surface area contributed by atoms with Crippen LogP contribution in [0.4, 0.5) is 0 Å². The van der Waals surface area contributed by atoms with Crippen LogP contribution >= 0.6 is 0 Å². The van der Waals surface area contributed by atoms with E-state index < -0.39 is 9.84 Å². The van der Waals surface area contributed by atoms with Crippen LogP contribution in [0.2, 0.25) is 0 Å². The molecule has 1 saturated heterocycles. The number of hydrogen-bond donors (Lipinski definition) is 0. The first-order chi connectivity index (χ1) is 12.3. The Morgan fingerprint density at radius 2 is 2.15 bits per heavy atom. The van der Waals surface area contributed by atoms with E-state index in [4.69, 9.17) is 9.26 Å². The van der Waals surface area contributed by atoms with Crippen LogP contribution in [0.5, 0.6) is 5.75 Å². The molecule has 1 aromatic heterocycles. The highest BCUT2D eigenvalue weighted by Gasteiger charge is 2.33. The minimum Gasteiger partial charge on any atom is -0.489 e. The van der Waals surface area contributed by atoms with Gasteiger partial charge in [-0.15, -0.1) is 0 Å². The molecule has 2 heterocycles. The molecular weight excluding hydrogens is 356 g/mol. The van der Waals surface area contributed by atoms with Crippen LogP contribution in [0, 0.1) is 13.8 Å². The Hall–Kier alpha value is -2.35. The van der Waals surface area contributed by atoms with Crippen LogP contribution in [0.15, 0.2) is 28.8 Å². The van der Waals surface area contributed by atoms with Gasteiger partial charge in [0.1, 0.15) is 18.1 Å². The lowest BCUT2D eigenvalue weighted by molar-refractivity contribution is 0.0747. The minimum atomic E-state index is -3.04. The standard InChI is InChI=1S/C18H22N2O5S/c1-12-17(13(2)25-19-12)10-24-16-6-4-5-14(9-16)18(21)20(3)15-7-8-26(22,23)11-15/h4-6,9,15H,7-8,10-11H2,1-3H3. The first kappa shape index (κ1) is 18.4. The predicted molar refractivity (Wildman–Crippen MR) is 95.9 cm³/mol. The highest BCUT2D eigenvalue weighted by atomic mass is 32.2. The summed E-state index contributed by atoms with van der Waals surface area (Å²) in [5.41, 5.74) is 2.12. The molecule has 1 aliphatic rings. The zero-order valence-electron chi connectivity index (χ0n) is 15.1. The van der Waals surface area contributed by atoms with Gasteiger partial charge in [0.05, 0.1) is 22.8 Å². The van der Waals surface area contributed by atoms with Crippen LogP contribution in [0.3, 0.4) is 0 Å². The third-order valence-electron chi connectivity index (χ3n) is 4.72. The number of amides is 1. The predicted octanol–water partition coefficient (Wildman–Crippen LogP) is 2.13.